The van der Waals surface area contributed by atoms with E-state index in [2.05, 4.69) is 48.4 Å². The van der Waals surface area contributed by atoms with E-state index in [0.717, 1.165) is 13.0 Å². The number of hydrogen-bond acceptors (Lipinski definition) is 1. The fourth-order valence-corrected chi connectivity index (χ4v) is 1.87. The first-order valence-corrected chi connectivity index (χ1v) is 5.43. The van der Waals surface area contributed by atoms with Gasteiger partial charge < -0.3 is 4.90 Å². The molecule has 0 saturated heterocycles. The summed E-state index contributed by atoms with van der Waals surface area (Å²) in [5, 5.41) is 0. The van der Waals surface area contributed by atoms with Gasteiger partial charge in [0.2, 0.25) is 0 Å². The Bertz CT molecular complexity index is 328. The van der Waals surface area contributed by atoms with Gasteiger partial charge in [0.15, 0.2) is 0 Å². The fourth-order valence-electron chi connectivity index (χ4n) is 1.87. The van der Waals surface area contributed by atoms with E-state index in [4.69, 9.17) is 0 Å². The van der Waals surface area contributed by atoms with E-state index in [-0.39, 0.29) is 0 Å². The number of benzene rings is 1. The van der Waals surface area contributed by atoms with Gasteiger partial charge in [-0.25, -0.2) is 0 Å². The van der Waals surface area contributed by atoms with E-state index in [0.29, 0.717) is 0 Å². The van der Waals surface area contributed by atoms with Crippen molar-refractivity contribution in [3.8, 4) is 0 Å². The Labute approximate surface area is 86.1 Å². The molecule has 1 nitrogen and oxygen atoms in total. The third-order valence-electron chi connectivity index (χ3n) is 2.68. The van der Waals surface area contributed by atoms with Gasteiger partial charge in [-0.15, -0.1) is 0 Å². The molecule has 0 saturated carbocycles. The molecule has 0 amide bonds. The van der Waals surface area contributed by atoms with Gasteiger partial charge in [0, 0.05) is 18.4 Å². The number of fused-ring (bicyclic) bond motifs is 1. The lowest BCUT2D eigenvalue weighted by molar-refractivity contribution is 0.775. The second kappa shape index (κ2) is 4.32. The summed E-state index contributed by atoms with van der Waals surface area (Å²) in [6, 6.07) is 8.68. The maximum absolute atomic E-state index is 2.36. The molecule has 1 heteroatoms. The molecule has 0 unspecified atom stereocenters. The van der Waals surface area contributed by atoms with Gasteiger partial charge in [-0.1, -0.05) is 37.6 Å². The molecule has 1 aliphatic heterocycles. The number of allylic oxidation sites excluding steroid dienone is 1. The van der Waals surface area contributed by atoms with Crippen molar-refractivity contribution in [2.45, 2.75) is 26.2 Å². The quantitative estimate of drug-likeness (QED) is 0.701. The summed E-state index contributed by atoms with van der Waals surface area (Å²) in [4.78, 5) is 2.36. The first-order chi connectivity index (χ1) is 6.92. The summed E-state index contributed by atoms with van der Waals surface area (Å²) in [6.07, 6.45) is 8.07. The molecule has 14 heavy (non-hydrogen) atoms. The molecule has 1 heterocycles. The first-order valence-electron chi connectivity index (χ1n) is 5.43. The molecule has 1 aliphatic rings. The minimum absolute atomic E-state index is 1.08. The Balaban J connectivity index is 2.18. The van der Waals surface area contributed by atoms with Gasteiger partial charge in [0.1, 0.15) is 0 Å². The fraction of sp³-hybridized carbons (Fsp3) is 0.385. The predicted molar refractivity (Wildman–Crippen MR) is 61.5 cm³/mol. The van der Waals surface area contributed by atoms with E-state index in [9.17, 15) is 0 Å². The summed E-state index contributed by atoms with van der Waals surface area (Å²) in [5.74, 6) is 0. The lowest BCUT2D eigenvalue weighted by atomic mass is 10.1. The average molecular weight is 187 g/mol. The van der Waals surface area contributed by atoms with Crippen molar-refractivity contribution in [1.29, 1.82) is 0 Å². The van der Waals surface area contributed by atoms with Crippen molar-refractivity contribution in [3.63, 3.8) is 0 Å². The molecule has 0 aromatic heterocycles. The van der Waals surface area contributed by atoms with Crippen LogP contribution in [0, 0.1) is 0 Å². The molecule has 1 aromatic carbocycles. The third kappa shape index (κ3) is 1.82. The predicted octanol–water partition coefficient (Wildman–Crippen LogP) is 3.36. The topological polar surface area (TPSA) is 3.24 Å². The average Bonchev–Trinajstić information content (AvgIpc) is 2.26. The van der Waals surface area contributed by atoms with Gasteiger partial charge in [0.05, 0.1) is 0 Å². The highest BCUT2D eigenvalue weighted by molar-refractivity contribution is 5.58. The number of hydrogen-bond donors (Lipinski definition) is 0. The molecule has 74 valence electrons. The molecule has 0 radical (unpaired) electrons. The highest BCUT2D eigenvalue weighted by Gasteiger charge is 2.10. The zero-order chi connectivity index (χ0) is 9.80. The number of rotatable bonds is 3. The van der Waals surface area contributed by atoms with Crippen LogP contribution in [-0.4, -0.2) is 6.54 Å². The summed E-state index contributed by atoms with van der Waals surface area (Å²) in [7, 11) is 0. The van der Waals surface area contributed by atoms with E-state index >= 15 is 0 Å². The Morgan fingerprint density at radius 1 is 1.29 bits per heavy atom. The van der Waals surface area contributed by atoms with Crippen LogP contribution in [0.5, 0.6) is 0 Å². The summed E-state index contributed by atoms with van der Waals surface area (Å²) in [6.45, 7) is 3.38. The van der Waals surface area contributed by atoms with Crippen LogP contribution < -0.4 is 4.90 Å². The maximum Gasteiger partial charge on any atom is 0.0441 e. The number of para-hydroxylation sites is 1. The molecule has 1 aromatic rings. The van der Waals surface area contributed by atoms with E-state index in [1.807, 2.05) is 0 Å². The second-order valence-corrected chi connectivity index (χ2v) is 3.76. The summed E-state index contributed by atoms with van der Waals surface area (Å²) >= 11 is 0. The first kappa shape index (κ1) is 9.32. The van der Waals surface area contributed by atoms with Crippen LogP contribution in [0.1, 0.15) is 25.3 Å². The Hall–Kier alpha value is -1.24. The van der Waals surface area contributed by atoms with Crippen LogP contribution in [0.2, 0.25) is 0 Å². The molecule has 0 N–H and O–H groups in total. The third-order valence-corrected chi connectivity index (χ3v) is 2.68. The molecule has 0 atom stereocenters. The number of unbranched alkanes of at least 4 members (excludes halogenated alkanes) is 1. The van der Waals surface area contributed by atoms with Crippen LogP contribution in [0.15, 0.2) is 36.5 Å². The Morgan fingerprint density at radius 3 is 3.00 bits per heavy atom. The van der Waals surface area contributed by atoms with E-state index < -0.39 is 0 Å². The second-order valence-electron chi connectivity index (χ2n) is 3.76. The van der Waals surface area contributed by atoms with Gasteiger partial charge in [0.25, 0.3) is 0 Å². The smallest absolute Gasteiger partial charge is 0.0441 e. The standard InChI is InChI=1S/C13H17N/c1-2-3-10-14-11-6-8-12-7-4-5-9-13(12)14/h4-7,9,11H,2-3,8,10H2,1H3. The molecular formula is C13H17N. The van der Waals surface area contributed by atoms with Crippen molar-refractivity contribution in [1.82, 2.24) is 0 Å². The zero-order valence-corrected chi connectivity index (χ0v) is 8.74. The molecule has 0 aliphatic carbocycles. The number of anilines is 1. The van der Waals surface area contributed by atoms with Crippen molar-refractivity contribution in [3.05, 3.63) is 42.1 Å². The van der Waals surface area contributed by atoms with Gasteiger partial charge in [-0.2, -0.15) is 0 Å². The Morgan fingerprint density at radius 2 is 2.14 bits per heavy atom. The summed E-state index contributed by atoms with van der Waals surface area (Å²) < 4.78 is 0. The van der Waals surface area contributed by atoms with Crippen molar-refractivity contribution >= 4 is 5.69 Å². The van der Waals surface area contributed by atoms with E-state index in [1.54, 1.807) is 0 Å². The van der Waals surface area contributed by atoms with Crippen molar-refractivity contribution in [2.75, 3.05) is 11.4 Å². The monoisotopic (exact) mass is 187 g/mol. The zero-order valence-electron chi connectivity index (χ0n) is 8.74. The van der Waals surface area contributed by atoms with Crippen LogP contribution in [0.3, 0.4) is 0 Å². The van der Waals surface area contributed by atoms with Crippen LogP contribution in [0.25, 0.3) is 0 Å². The van der Waals surface area contributed by atoms with E-state index in [1.165, 1.54) is 24.1 Å². The van der Waals surface area contributed by atoms with Crippen LogP contribution in [-0.2, 0) is 6.42 Å². The largest absolute Gasteiger partial charge is 0.348 e. The van der Waals surface area contributed by atoms with Gasteiger partial charge >= 0.3 is 0 Å². The van der Waals surface area contributed by atoms with Gasteiger partial charge in [-0.05, 0) is 24.5 Å². The lowest BCUT2D eigenvalue weighted by Crippen LogP contribution is -2.21. The Kier molecular flexibility index (Phi) is 2.87. The minimum Gasteiger partial charge on any atom is -0.348 e. The maximum atomic E-state index is 2.36. The van der Waals surface area contributed by atoms with Crippen molar-refractivity contribution < 1.29 is 0 Å². The molecular weight excluding hydrogens is 170 g/mol. The highest BCUT2D eigenvalue weighted by Crippen LogP contribution is 2.25. The highest BCUT2D eigenvalue weighted by atomic mass is 15.1. The summed E-state index contributed by atoms with van der Waals surface area (Å²) in [5.41, 5.74) is 2.84. The molecule has 2 rings (SSSR count). The van der Waals surface area contributed by atoms with Crippen molar-refractivity contribution in [2.24, 2.45) is 0 Å². The SMILES string of the molecule is CCCCN1C=CCc2ccccc21. The minimum atomic E-state index is 1.08. The number of nitrogens with zero attached hydrogens (tertiary/aromatic N) is 1. The van der Waals surface area contributed by atoms with Crippen LogP contribution >= 0.6 is 0 Å². The molecule has 0 fully saturated rings. The lowest BCUT2D eigenvalue weighted by Gasteiger charge is -2.26. The van der Waals surface area contributed by atoms with Gasteiger partial charge in [-0.3, -0.25) is 0 Å². The normalized spacial score (nSPS) is 14.2. The molecule has 0 spiro atoms. The molecule has 0 bridgehead atoms. The van der Waals surface area contributed by atoms with Crippen LogP contribution in [0.4, 0.5) is 5.69 Å².